The number of piperazine rings is 1. The van der Waals surface area contributed by atoms with Crippen LogP contribution in [0.1, 0.15) is 0 Å². The van der Waals surface area contributed by atoms with Gasteiger partial charge in [0.1, 0.15) is 18.2 Å². The van der Waals surface area contributed by atoms with E-state index in [2.05, 4.69) is 5.32 Å². The van der Waals surface area contributed by atoms with Gasteiger partial charge >= 0.3 is 5.97 Å². The second-order valence-electron chi connectivity index (χ2n) is 5.03. The summed E-state index contributed by atoms with van der Waals surface area (Å²) in [7, 11) is 0. The fourth-order valence-electron chi connectivity index (χ4n) is 2.31. The third-order valence-electron chi connectivity index (χ3n) is 3.43. The molecule has 0 aromatic heterocycles. The van der Waals surface area contributed by atoms with Gasteiger partial charge in [0.2, 0.25) is 5.91 Å². The molecular formula is C14H17F2N3O3. The number of carbonyl (C=O) groups excluding carboxylic acids is 1. The fourth-order valence-corrected chi connectivity index (χ4v) is 2.31. The molecule has 0 aliphatic carbocycles. The lowest BCUT2D eigenvalue weighted by Crippen LogP contribution is -2.50. The molecule has 1 aromatic rings. The molecule has 1 heterocycles. The smallest absolute Gasteiger partial charge is 0.322 e. The van der Waals surface area contributed by atoms with Gasteiger partial charge in [-0.05, 0) is 12.1 Å². The normalized spacial score (nSPS) is 15.6. The topological polar surface area (TPSA) is 72.9 Å². The Morgan fingerprint density at radius 2 is 1.86 bits per heavy atom. The van der Waals surface area contributed by atoms with E-state index in [1.54, 1.807) is 4.90 Å². The predicted octanol–water partition coefficient (Wildman–Crippen LogP) is 0.288. The molecule has 1 aliphatic heterocycles. The molecule has 0 saturated carbocycles. The third kappa shape index (κ3) is 4.39. The lowest BCUT2D eigenvalue weighted by atomic mass is 10.2. The van der Waals surface area contributed by atoms with Crippen LogP contribution in [0.15, 0.2) is 18.2 Å². The summed E-state index contributed by atoms with van der Waals surface area (Å²) in [5.41, 5.74) is 0.218. The molecule has 1 fully saturated rings. The molecule has 22 heavy (non-hydrogen) atoms. The first-order valence-electron chi connectivity index (χ1n) is 6.86. The molecule has 6 nitrogen and oxygen atoms in total. The largest absolute Gasteiger partial charge is 0.480 e. The van der Waals surface area contributed by atoms with Gasteiger partial charge in [0.25, 0.3) is 0 Å². The molecule has 1 amide bonds. The van der Waals surface area contributed by atoms with E-state index in [9.17, 15) is 18.4 Å². The van der Waals surface area contributed by atoms with E-state index < -0.39 is 24.1 Å². The zero-order valence-electron chi connectivity index (χ0n) is 11.9. The Kier molecular flexibility index (Phi) is 5.26. The number of hydrogen-bond acceptors (Lipinski definition) is 4. The Bertz CT molecular complexity index is 560. The number of aliphatic carboxylic acids is 1. The van der Waals surface area contributed by atoms with Crippen LogP contribution in [-0.2, 0) is 9.59 Å². The highest BCUT2D eigenvalue weighted by Crippen LogP contribution is 2.21. The van der Waals surface area contributed by atoms with Crippen molar-refractivity contribution in [2.45, 2.75) is 0 Å². The Morgan fingerprint density at radius 3 is 2.50 bits per heavy atom. The van der Waals surface area contributed by atoms with Crippen LogP contribution >= 0.6 is 0 Å². The SMILES string of the molecule is O=C(O)CNC(=O)CN1CCN(c2cc(F)ccc2F)CC1. The third-order valence-corrected chi connectivity index (χ3v) is 3.43. The molecule has 0 unspecified atom stereocenters. The van der Waals surface area contributed by atoms with E-state index >= 15 is 0 Å². The van der Waals surface area contributed by atoms with Crippen molar-refractivity contribution in [2.24, 2.45) is 0 Å². The summed E-state index contributed by atoms with van der Waals surface area (Å²) in [6.45, 7) is 1.63. The number of carbonyl (C=O) groups is 2. The molecule has 1 aliphatic rings. The van der Waals surface area contributed by atoms with E-state index in [1.807, 2.05) is 4.90 Å². The lowest BCUT2D eigenvalue weighted by molar-refractivity contribution is -0.138. The molecule has 2 rings (SSSR count). The van der Waals surface area contributed by atoms with Crippen LogP contribution in [0.3, 0.4) is 0 Å². The van der Waals surface area contributed by atoms with Gasteiger partial charge in [0.05, 0.1) is 12.2 Å². The van der Waals surface area contributed by atoms with E-state index in [0.29, 0.717) is 26.2 Å². The maximum atomic E-state index is 13.7. The number of hydrogen-bond donors (Lipinski definition) is 2. The maximum absolute atomic E-state index is 13.7. The van der Waals surface area contributed by atoms with Crippen LogP contribution in [0.5, 0.6) is 0 Å². The first-order chi connectivity index (χ1) is 10.5. The molecule has 8 heteroatoms. The summed E-state index contributed by atoms with van der Waals surface area (Å²) >= 11 is 0. The Labute approximate surface area is 126 Å². The van der Waals surface area contributed by atoms with E-state index in [1.165, 1.54) is 0 Å². The minimum Gasteiger partial charge on any atom is -0.480 e. The highest BCUT2D eigenvalue weighted by Gasteiger charge is 2.21. The van der Waals surface area contributed by atoms with Crippen molar-refractivity contribution >= 4 is 17.6 Å². The van der Waals surface area contributed by atoms with Crippen molar-refractivity contribution in [3.63, 3.8) is 0 Å². The first-order valence-corrected chi connectivity index (χ1v) is 6.86. The standard InChI is InChI=1S/C14H17F2N3O3/c15-10-1-2-11(16)12(7-10)19-5-3-18(4-6-19)9-13(20)17-8-14(21)22/h1-2,7H,3-6,8-9H2,(H,17,20)(H,21,22). The molecular weight excluding hydrogens is 296 g/mol. The number of nitrogens with one attached hydrogen (secondary N) is 1. The number of nitrogens with zero attached hydrogens (tertiary/aromatic N) is 2. The molecule has 1 aromatic carbocycles. The zero-order valence-corrected chi connectivity index (χ0v) is 11.9. The van der Waals surface area contributed by atoms with Crippen molar-refractivity contribution in [3.8, 4) is 0 Å². The minimum atomic E-state index is -1.10. The summed E-state index contributed by atoms with van der Waals surface area (Å²) in [4.78, 5) is 25.4. The highest BCUT2D eigenvalue weighted by molar-refractivity contribution is 5.82. The van der Waals surface area contributed by atoms with Crippen LogP contribution in [0.25, 0.3) is 0 Å². The van der Waals surface area contributed by atoms with Gasteiger partial charge in [0.15, 0.2) is 0 Å². The number of benzene rings is 1. The minimum absolute atomic E-state index is 0.0900. The number of carboxylic acid groups (broad SMARTS) is 1. The van der Waals surface area contributed by atoms with Crippen LogP contribution < -0.4 is 10.2 Å². The molecule has 0 radical (unpaired) electrons. The van der Waals surface area contributed by atoms with E-state index in [4.69, 9.17) is 5.11 Å². The van der Waals surface area contributed by atoms with Crippen molar-refractivity contribution in [2.75, 3.05) is 44.2 Å². The number of anilines is 1. The zero-order chi connectivity index (χ0) is 16.1. The summed E-state index contributed by atoms with van der Waals surface area (Å²) in [5.74, 6) is -2.44. The maximum Gasteiger partial charge on any atom is 0.322 e. The molecule has 2 N–H and O–H groups in total. The van der Waals surface area contributed by atoms with Gasteiger partial charge in [-0.2, -0.15) is 0 Å². The van der Waals surface area contributed by atoms with E-state index in [0.717, 1.165) is 18.2 Å². The number of rotatable bonds is 5. The van der Waals surface area contributed by atoms with Gasteiger partial charge < -0.3 is 15.3 Å². The van der Waals surface area contributed by atoms with Crippen molar-refractivity contribution < 1.29 is 23.5 Å². The van der Waals surface area contributed by atoms with E-state index in [-0.39, 0.29) is 18.1 Å². The molecule has 0 atom stereocenters. The Hall–Kier alpha value is -2.22. The monoisotopic (exact) mass is 313 g/mol. The number of carboxylic acids is 1. The fraction of sp³-hybridized carbons (Fsp3) is 0.429. The predicted molar refractivity (Wildman–Crippen MR) is 75.7 cm³/mol. The summed E-state index contributed by atoms with van der Waals surface area (Å²) in [6.07, 6.45) is 0. The summed E-state index contributed by atoms with van der Waals surface area (Å²) in [6, 6.07) is 3.32. The summed E-state index contributed by atoms with van der Waals surface area (Å²) in [5, 5.41) is 10.8. The van der Waals surface area contributed by atoms with Gasteiger partial charge in [0, 0.05) is 32.2 Å². The van der Waals surface area contributed by atoms with Gasteiger partial charge in [-0.1, -0.05) is 0 Å². The number of halogens is 2. The van der Waals surface area contributed by atoms with Crippen molar-refractivity contribution in [3.05, 3.63) is 29.8 Å². The Morgan fingerprint density at radius 1 is 1.18 bits per heavy atom. The lowest BCUT2D eigenvalue weighted by Gasteiger charge is -2.35. The van der Waals surface area contributed by atoms with Crippen LogP contribution in [0.4, 0.5) is 14.5 Å². The van der Waals surface area contributed by atoms with Gasteiger partial charge in [-0.25, -0.2) is 8.78 Å². The molecule has 0 spiro atoms. The van der Waals surface area contributed by atoms with Crippen molar-refractivity contribution in [1.82, 2.24) is 10.2 Å². The van der Waals surface area contributed by atoms with Gasteiger partial charge in [-0.3, -0.25) is 14.5 Å². The average Bonchev–Trinajstić information content (AvgIpc) is 2.48. The quantitative estimate of drug-likeness (QED) is 0.817. The van der Waals surface area contributed by atoms with Crippen molar-refractivity contribution in [1.29, 1.82) is 0 Å². The second kappa shape index (κ2) is 7.17. The number of amides is 1. The Balaban J connectivity index is 1.84. The van der Waals surface area contributed by atoms with Crippen LogP contribution in [0, 0.1) is 11.6 Å². The molecule has 1 saturated heterocycles. The van der Waals surface area contributed by atoms with Gasteiger partial charge in [-0.15, -0.1) is 0 Å². The molecule has 120 valence electrons. The van der Waals surface area contributed by atoms with Crippen LogP contribution in [-0.4, -0.2) is 61.2 Å². The first kappa shape index (κ1) is 16.2. The molecule has 0 bridgehead atoms. The summed E-state index contributed by atoms with van der Waals surface area (Å²) < 4.78 is 26.9. The average molecular weight is 313 g/mol. The van der Waals surface area contributed by atoms with Crippen LogP contribution in [0.2, 0.25) is 0 Å². The second-order valence-corrected chi connectivity index (χ2v) is 5.03. The highest BCUT2D eigenvalue weighted by atomic mass is 19.1.